The second kappa shape index (κ2) is 6.59. The van der Waals surface area contributed by atoms with Crippen LogP contribution in [-0.4, -0.2) is 12.1 Å². The van der Waals surface area contributed by atoms with Crippen molar-refractivity contribution >= 4 is 34.5 Å². The average Bonchev–Trinajstić information content (AvgIpc) is 2.46. The molecule has 3 N–H and O–H groups in total. The molecular weight excluding hydrogens is 292 g/mol. The molecule has 0 fully saturated rings. The van der Waals surface area contributed by atoms with E-state index in [0.29, 0.717) is 16.6 Å². The topological polar surface area (TPSA) is 47.3 Å². The van der Waals surface area contributed by atoms with E-state index in [9.17, 15) is 0 Å². The normalized spacial score (nSPS) is 10.1. The average molecular weight is 307 g/mol. The minimum Gasteiger partial charge on any atom is -0.497 e. The van der Waals surface area contributed by atoms with Gasteiger partial charge in [0.05, 0.1) is 7.11 Å². The van der Waals surface area contributed by atoms with Gasteiger partial charge in [-0.05, 0) is 35.9 Å². The molecule has 5 heteroatoms. The number of nitrogens with one attached hydrogen (secondary N) is 1. The van der Waals surface area contributed by atoms with Crippen LogP contribution in [0.4, 0.5) is 5.69 Å². The van der Waals surface area contributed by atoms with E-state index in [2.05, 4.69) is 5.32 Å². The minimum absolute atomic E-state index is 0.320. The Morgan fingerprint density at radius 3 is 2.80 bits per heavy atom. The molecule has 0 saturated heterocycles. The largest absolute Gasteiger partial charge is 0.497 e. The standard InChI is InChI=1S/C15H15ClN2OS/c1-19-12-4-2-3-10(7-12)9-18-14-6-5-11(16)8-13(14)15(17)20/h2-8,18H,9H2,1H3,(H2,17,20). The number of hydrogen-bond donors (Lipinski definition) is 2. The fraction of sp³-hybridized carbons (Fsp3) is 0.133. The van der Waals surface area contributed by atoms with Gasteiger partial charge >= 0.3 is 0 Å². The van der Waals surface area contributed by atoms with E-state index in [0.717, 1.165) is 22.6 Å². The van der Waals surface area contributed by atoms with Gasteiger partial charge in [0.2, 0.25) is 0 Å². The maximum absolute atomic E-state index is 5.96. The molecule has 0 aliphatic rings. The van der Waals surface area contributed by atoms with E-state index in [1.54, 1.807) is 19.2 Å². The van der Waals surface area contributed by atoms with Gasteiger partial charge in [0.25, 0.3) is 0 Å². The lowest BCUT2D eigenvalue weighted by atomic mass is 10.1. The van der Waals surface area contributed by atoms with Gasteiger partial charge in [-0.1, -0.05) is 36.0 Å². The Morgan fingerprint density at radius 1 is 1.30 bits per heavy atom. The Labute approximate surface area is 128 Å². The third-order valence-electron chi connectivity index (χ3n) is 2.86. The van der Waals surface area contributed by atoms with Crippen LogP contribution in [0.5, 0.6) is 5.75 Å². The van der Waals surface area contributed by atoms with Crippen LogP contribution < -0.4 is 15.8 Å². The quantitative estimate of drug-likeness (QED) is 0.829. The van der Waals surface area contributed by atoms with Crippen molar-refractivity contribution in [2.75, 3.05) is 12.4 Å². The molecule has 2 aromatic rings. The number of anilines is 1. The van der Waals surface area contributed by atoms with E-state index < -0.39 is 0 Å². The van der Waals surface area contributed by atoms with Crippen LogP contribution in [0.3, 0.4) is 0 Å². The number of hydrogen-bond acceptors (Lipinski definition) is 3. The molecule has 104 valence electrons. The van der Waals surface area contributed by atoms with Crippen LogP contribution in [0.2, 0.25) is 5.02 Å². The highest BCUT2D eigenvalue weighted by molar-refractivity contribution is 7.80. The van der Waals surface area contributed by atoms with Crippen LogP contribution in [0.15, 0.2) is 42.5 Å². The molecule has 0 radical (unpaired) electrons. The van der Waals surface area contributed by atoms with E-state index in [-0.39, 0.29) is 0 Å². The molecule has 0 spiro atoms. The second-order valence-electron chi connectivity index (χ2n) is 4.26. The first-order chi connectivity index (χ1) is 9.60. The number of rotatable bonds is 5. The zero-order chi connectivity index (χ0) is 14.5. The number of benzene rings is 2. The fourth-order valence-corrected chi connectivity index (χ4v) is 2.20. The van der Waals surface area contributed by atoms with Gasteiger partial charge in [0.15, 0.2) is 0 Å². The summed E-state index contributed by atoms with van der Waals surface area (Å²) >= 11 is 11.0. The molecular formula is C15H15ClN2OS. The molecule has 0 aliphatic carbocycles. The zero-order valence-corrected chi connectivity index (χ0v) is 12.6. The lowest BCUT2D eigenvalue weighted by molar-refractivity contribution is 0.414. The lowest BCUT2D eigenvalue weighted by Gasteiger charge is -2.12. The van der Waals surface area contributed by atoms with Crippen LogP contribution in [-0.2, 0) is 6.54 Å². The fourth-order valence-electron chi connectivity index (χ4n) is 1.85. The van der Waals surface area contributed by atoms with Crippen molar-refractivity contribution in [3.8, 4) is 5.75 Å². The Bertz CT molecular complexity index is 631. The molecule has 0 aliphatic heterocycles. The molecule has 0 aromatic heterocycles. The smallest absolute Gasteiger partial charge is 0.119 e. The van der Waals surface area contributed by atoms with Gasteiger partial charge in [-0.2, -0.15) is 0 Å². The van der Waals surface area contributed by atoms with Crippen molar-refractivity contribution in [2.24, 2.45) is 5.73 Å². The summed E-state index contributed by atoms with van der Waals surface area (Å²) < 4.78 is 5.20. The third kappa shape index (κ3) is 3.62. The van der Waals surface area contributed by atoms with Gasteiger partial charge in [-0.25, -0.2) is 0 Å². The molecule has 0 amide bonds. The van der Waals surface area contributed by atoms with Gasteiger partial charge in [-0.3, -0.25) is 0 Å². The molecule has 2 rings (SSSR count). The summed E-state index contributed by atoms with van der Waals surface area (Å²) in [4.78, 5) is 0.320. The SMILES string of the molecule is COc1cccc(CNc2ccc(Cl)cc2C(N)=S)c1. The molecule has 0 saturated carbocycles. The first-order valence-electron chi connectivity index (χ1n) is 6.06. The molecule has 20 heavy (non-hydrogen) atoms. The molecule has 0 atom stereocenters. The van der Waals surface area contributed by atoms with Crippen molar-refractivity contribution < 1.29 is 4.74 Å². The summed E-state index contributed by atoms with van der Waals surface area (Å²) in [6, 6.07) is 13.3. The Morgan fingerprint density at radius 2 is 2.10 bits per heavy atom. The number of nitrogens with two attached hydrogens (primary N) is 1. The van der Waals surface area contributed by atoms with Crippen molar-refractivity contribution in [3.05, 3.63) is 58.6 Å². The number of methoxy groups -OCH3 is 1. The predicted molar refractivity (Wildman–Crippen MR) is 87.7 cm³/mol. The van der Waals surface area contributed by atoms with Crippen molar-refractivity contribution in [1.29, 1.82) is 0 Å². The van der Waals surface area contributed by atoms with Gasteiger partial charge in [-0.15, -0.1) is 0 Å². The van der Waals surface area contributed by atoms with Crippen LogP contribution in [0.1, 0.15) is 11.1 Å². The maximum Gasteiger partial charge on any atom is 0.119 e. The van der Waals surface area contributed by atoms with E-state index in [4.69, 9.17) is 34.3 Å². The van der Waals surface area contributed by atoms with Crippen molar-refractivity contribution in [1.82, 2.24) is 0 Å². The number of halogens is 1. The Kier molecular flexibility index (Phi) is 4.82. The minimum atomic E-state index is 0.320. The van der Waals surface area contributed by atoms with Gasteiger partial charge in [0.1, 0.15) is 10.7 Å². The zero-order valence-electron chi connectivity index (χ0n) is 11.0. The highest BCUT2D eigenvalue weighted by atomic mass is 35.5. The molecule has 0 heterocycles. The Balaban J connectivity index is 2.16. The van der Waals surface area contributed by atoms with E-state index in [1.807, 2.05) is 30.3 Å². The summed E-state index contributed by atoms with van der Waals surface area (Å²) in [5.41, 5.74) is 8.43. The number of ether oxygens (including phenoxy) is 1. The highest BCUT2D eigenvalue weighted by Crippen LogP contribution is 2.22. The first kappa shape index (κ1) is 14.6. The van der Waals surface area contributed by atoms with Crippen LogP contribution in [0.25, 0.3) is 0 Å². The summed E-state index contributed by atoms with van der Waals surface area (Å²) in [5, 5.41) is 3.92. The van der Waals surface area contributed by atoms with Crippen LogP contribution >= 0.6 is 23.8 Å². The Hall–Kier alpha value is -1.78. The first-order valence-corrected chi connectivity index (χ1v) is 6.85. The molecule has 2 aromatic carbocycles. The molecule has 3 nitrogen and oxygen atoms in total. The summed E-state index contributed by atoms with van der Waals surface area (Å²) in [5.74, 6) is 0.829. The highest BCUT2D eigenvalue weighted by Gasteiger charge is 2.06. The van der Waals surface area contributed by atoms with Crippen molar-refractivity contribution in [2.45, 2.75) is 6.54 Å². The summed E-state index contributed by atoms with van der Waals surface area (Å²) in [7, 11) is 1.65. The molecule has 0 bridgehead atoms. The van der Waals surface area contributed by atoms with Crippen LogP contribution in [0, 0.1) is 0 Å². The lowest BCUT2D eigenvalue weighted by Crippen LogP contribution is -2.13. The second-order valence-corrected chi connectivity index (χ2v) is 5.14. The van der Waals surface area contributed by atoms with Gasteiger partial charge in [0, 0.05) is 22.8 Å². The number of thiocarbonyl (C=S) groups is 1. The summed E-state index contributed by atoms with van der Waals surface area (Å²) in [6.45, 7) is 0.647. The van der Waals surface area contributed by atoms with Gasteiger partial charge < -0.3 is 15.8 Å². The molecule has 0 unspecified atom stereocenters. The monoisotopic (exact) mass is 306 g/mol. The third-order valence-corrected chi connectivity index (χ3v) is 3.32. The summed E-state index contributed by atoms with van der Waals surface area (Å²) in [6.07, 6.45) is 0. The predicted octanol–water partition coefficient (Wildman–Crippen LogP) is 3.59. The maximum atomic E-state index is 5.96. The van der Waals surface area contributed by atoms with Crippen molar-refractivity contribution in [3.63, 3.8) is 0 Å². The van der Waals surface area contributed by atoms with E-state index in [1.165, 1.54) is 0 Å². The van der Waals surface area contributed by atoms with E-state index >= 15 is 0 Å².